The lowest BCUT2D eigenvalue weighted by Gasteiger charge is -2.19. The Kier molecular flexibility index (Phi) is 7.19. The van der Waals surface area contributed by atoms with Gasteiger partial charge in [0.2, 0.25) is 5.91 Å². The maximum atomic E-state index is 11.8. The number of amides is 1. The molecule has 21 heavy (non-hydrogen) atoms. The van der Waals surface area contributed by atoms with Gasteiger partial charge in [-0.15, -0.1) is 0 Å². The van der Waals surface area contributed by atoms with Gasteiger partial charge >= 0.3 is 0 Å². The maximum Gasteiger partial charge on any atom is 0.237 e. The highest BCUT2D eigenvalue weighted by molar-refractivity contribution is 5.81. The van der Waals surface area contributed by atoms with Gasteiger partial charge in [-0.3, -0.25) is 4.79 Å². The summed E-state index contributed by atoms with van der Waals surface area (Å²) in [5.74, 6) is 0.585. The highest BCUT2D eigenvalue weighted by Gasteiger charge is 2.19. The highest BCUT2D eigenvalue weighted by atomic mass is 16.5. The summed E-state index contributed by atoms with van der Waals surface area (Å²) in [5.41, 5.74) is 6.91. The van der Waals surface area contributed by atoms with Gasteiger partial charge in [-0.05, 0) is 30.5 Å². The molecular weight excluding hydrogens is 268 g/mol. The van der Waals surface area contributed by atoms with Crippen molar-refractivity contribution in [3.8, 4) is 5.75 Å². The van der Waals surface area contributed by atoms with E-state index in [0.29, 0.717) is 5.75 Å². The third kappa shape index (κ3) is 6.14. The van der Waals surface area contributed by atoms with E-state index in [0.717, 1.165) is 12.0 Å². The second-order valence-corrected chi connectivity index (χ2v) is 5.44. The molecule has 0 aliphatic heterocycles. The lowest BCUT2D eigenvalue weighted by molar-refractivity contribution is -0.123. The first-order valence-corrected chi connectivity index (χ1v) is 7.34. The fourth-order valence-electron chi connectivity index (χ4n) is 1.81. The summed E-state index contributed by atoms with van der Waals surface area (Å²) in [4.78, 5) is 11.8. The van der Waals surface area contributed by atoms with Crippen LogP contribution in [0, 0.1) is 12.8 Å². The molecule has 0 radical (unpaired) electrons. The smallest absolute Gasteiger partial charge is 0.237 e. The minimum Gasteiger partial charge on any atom is -0.491 e. The number of carbonyl (C=O) groups is 1. The molecule has 0 aliphatic carbocycles. The largest absolute Gasteiger partial charge is 0.491 e. The molecule has 0 saturated heterocycles. The van der Waals surface area contributed by atoms with Gasteiger partial charge in [-0.1, -0.05) is 32.4 Å². The SMILES string of the molecule is CCC(C)C(N)C(=O)NCC(O)COc1cccc(C)c1. The first-order chi connectivity index (χ1) is 9.93. The predicted octanol–water partition coefficient (Wildman–Crippen LogP) is 1.22. The van der Waals surface area contributed by atoms with Crippen LogP contribution >= 0.6 is 0 Å². The lowest BCUT2D eigenvalue weighted by atomic mass is 9.99. The normalized spacial score (nSPS) is 15.1. The van der Waals surface area contributed by atoms with E-state index < -0.39 is 12.1 Å². The fourth-order valence-corrected chi connectivity index (χ4v) is 1.81. The standard InChI is InChI=1S/C16H26N2O3/c1-4-12(3)15(17)16(20)18-9-13(19)10-21-14-7-5-6-11(2)8-14/h5-8,12-13,15,19H,4,9-10,17H2,1-3H3,(H,18,20). The molecule has 0 fully saturated rings. The first-order valence-electron chi connectivity index (χ1n) is 7.34. The van der Waals surface area contributed by atoms with Crippen LogP contribution in [0.4, 0.5) is 0 Å². The van der Waals surface area contributed by atoms with Crippen LogP contribution in [-0.2, 0) is 4.79 Å². The van der Waals surface area contributed by atoms with Gasteiger partial charge in [0.1, 0.15) is 18.5 Å². The number of nitrogens with one attached hydrogen (secondary N) is 1. The lowest BCUT2D eigenvalue weighted by Crippen LogP contribution is -2.47. The summed E-state index contributed by atoms with van der Waals surface area (Å²) in [6, 6.07) is 7.05. The molecule has 0 spiro atoms. The molecule has 1 rings (SSSR count). The molecule has 3 unspecified atom stereocenters. The van der Waals surface area contributed by atoms with Crippen LogP contribution in [0.25, 0.3) is 0 Å². The van der Waals surface area contributed by atoms with Crippen LogP contribution in [-0.4, -0.2) is 36.3 Å². The van der Waals surface area contributed by atoms with Crippen molar-refractivity contribution in [3.63, 3.8) is 0 Å². The fraction of sp³-hybridized carbons (Fsp3) is 0.562. The zero-order valence-corrected chi connectivity index (χ0v) is 13.0. The number of carbonyl (C=O) groups excluding carboxylic acids is 1. The summed E-state index contributed by atoms with van der Waals surface area (Å²) >= 11 is 0. The Labute approximate surface area is 126 Å². The van der Waals surface area contributed by atoms with Crippen molar-refractivity contribution in [2.75, 3.05) is 13.2 Å². The van der Waals surface area contributed by atoms with E-state index in [4.69, 9.17) is 10.5 Å². The number of hydrogen-bond donors (Lipinski definition) is 3. The Bertz CT molecular complexity index is 451. The molecule has 1 aromatic carbocycles. The maximum absolute atomic E-state index is 11.8. The van der Waals surface area contributed by atoms with Gasteiger partial charge in [0, 0.05) is 6.54 Å². The third-order valence-electron chi connectivity index (χ3n) is 3.50. The van der Waals surface area contributed by atoms with E-state index in [1.165, 1.54) is 0 Å². The Hall–Kier alpha value is -1.59. The van der Waals surface area contributed by atoms with Crippen molar-refractivity contribution in [2.24, 2.45) is 11.7 Å². The molecule has 4 N–H and O–H groups in total. The third-order valence-corrected chi connectivity index (χ3v) is 3.50. The number of aliphatic hydroxyl groups is 1. The summed E-state index contributed by atoms with van der Waals surface area (Å²) in [6.07, 6.45) is 0.0757. The summed E-state index contributed by atoms with van der Waals surface area (Å²) in [6.45, 7) is 6.15. The van der Waals surface area contributed by atoms with Gasteiger partial charge in [-0.2, -0.15) is 0 Å². The summed E-state index contributed by atoms with van der Waals surface area (Å²) < 4.78 is 5.48. The second kappa shape index (κ2) is 8.64. The van der Waals surface area contributed by atoms with Crippen LogP contribution in [0.3, 0.4) is 0 Å². The minimum absolute atomic E-state index is 0.116. The molecule has 0 bridgehead atoms. The number of benzene rings is 1. The molecule has 118 valence electrons. The number of rotatable bonds is 8. The zero-order valence-electron chi connectivity index (χ0n) is 13.0. The minimum atomic E-state index is -0.765. The Balaban J connectivity index is 2.31. The molecule has 0 saturated carbocycles. The average Bonchev–Trinajstić information content (AvgIpc) is 2.49. The Morgan fingerprint density at radius 2 is 2.19 bits per heavy atom. The molecule has 0 aliphatic rings. The van der Waals surface area contributed by atoms with E-state index in [1.807, 2.05) is 45.0 Å². The van der Waals surface area contributed by atoms with Gasteiger partial charge in [0.25, 0.3) is 0 Å². The van der Waals surface area contributed by atoms with E-state index in [9.17, 15) is 9.90 Å². The van der Waals surface area contributed by atoms with Crippen molar-refractivity contribution in [1.29, 1.82) is 0 Å². The number of ether oxygens (including phenoxy) is 1. The topological polar surface area (TPSA) is 84.6 Å². The van der Waals surface area contributed by atoms with Crippen molar-refractivity contribution in [2.45, 2.75) is 39.3 Å². The van der Waals surface area contributed by atoms with Crippen LogP contribution in [0.1, 0.15) is 25.8 Å². The molecule has 0 heterocycles. The van der Waals surface area contributed by atoms with Gasteiger partial charge in [-0.25, -0.2) is 0 Å². The summed E-state index contributed by atoms with van der Waals surface area (Å²) in [5, 5.41) is 12.5. The number of aliphatic hydroxyl groups excluding tert-OH is 1. The number of hydrogen-bond acceptors (Lipinski definition) is 4. The van der Waals surface area contributed by atoms with E-state index in [-0.39, 0.29) is 25.0 Å². The molecular formula is C16H26N2O3. The van der Waals surface area contributed by atoms with Crippen molar-refractivity contribution < 1.29 is 14.6 Å². The van der Waals surface area contributed by atoms with Crippen LogP contribution < -0.4 is 15.8 Å². The van der Waals surface area contributed by atoms with E-state index in [1.54, 1.807) is 0 Å². The van der Waals surface area contributed by atoms with Gasteiger partial charge < -0.3 is 20.9 Å². The quantitative estimate of drug-likeness (QED) is 0.673. The molecule has 5 heteroatoms. The molecule has 0 aromatic heterocycles. The molecule has 3 atom stereocenters. The average molecular weight is 294 g/mol. The van der Waals surface area contributed by atoms with Crippen molar-refractivity contribution >= 4 is 5.91 Å². The number of aryl methyl sites for hydroxylation is 1. The highest BCUT2D eigenvalue weighted by Crippen LogP contribution is 2.12. The number of nitrogens with two attached hydrogens (primary N) is 1. The second-order valence-electron chi connectivity index (χ2n) is 5.44. The van der Waals surface area contributed by atoms with Crippen molar-refractivity contribution in [3.05, 3.63) is 29.8 Å². The van der Waals surface area contributed by atoms with Crippen LogP contribution in [0.5, 0.6) is 5.75 Å². The Morgan fingerprint density at radius 3 is 2.81 bits per heavy atom. The van der Waals surface area contributed by atoms with Gasteiger partial charge in [0.15, 0.2) is 0 Å². The van der Waals surface area contributed by atoms with Crippen LogP contribution in [0.15, 0.2) is 24.3 Å². The molecule has 5 nitrogen and oxygen atoms in total. The van der Waals surface area contributed by atoms with E-state index in [2.05, 4.69) is 5.32 Å². The first kappa shape index (κ1) is 17.5. The van der Waals surface area contributed by atoms with Crippen molar-refractivity contribution in [1.82, 2.24) is 5.32 Å². The predicted molar refractivity (Wildman–Crippen MR) is 83.1 cm³/mol. The molecule has 1 aromatic rings. The Morgan fingerprint density at radius 1 is 1.48 bits per heavy atom. The van der Waals surface area contributed by atoms with Crippen LogP contribution in [0.2, 0.25) is 0 Å². The summed E-state index contributed by atoms with van der Waals surface area (Å²) in [7, 11) is 0. The van der Waals surface area contributed by atoms with E-state index >= 15 is 0 Å². The zero-order chi connectivity index (χ0) is 15.8. The monoisotopic (exact) mass is 294 g/mol. The van der Waals surface area contributed by atoms with Gasteiger partial charge in [0.05, 0.1) is 6.04 Å². The molecule has 1 amide bonds.